The third kappa shape index (κ3) is 2.63. The smallest absolute Gasteiger partial charge is 0.253 e. The normalized spacial score (nSPS) is 16.9. The van der Waals surface area contributed by atoms with Crippen molar-refractivity contribution >= 4 is 11.6 Å². The molecule has 0 aliphatic heterocycles. The highest BCUT2D eigenvalue weighted by atomic mass is 19.1. The molecular formula is C15H22FN3O. The zero-order valence-corrected chi connectivity index (χ0v) is 12.3. The first-order valence-corrected chi connectivity index (χ1v) is 6.84. The number of nitrogens with two attached hydrogens (primary N) is 1. The number of anilines is 1. The Kier molecular flexibility index (Phi) is 3.99. The lowest BCUT2D eigenvalue weighted by molar-refractivity contribution is 0.0252. The summed E-state index contributed by atoms with van der Waals surface area (Å²) in [4.78, 5) is 16.2. The summed E-state index contributed by atoms with van der Waals surface area (Å²) < 4.78 is 13.4. The fraction of sp³-hybridized carbons (Fsp3) is 0.533. The lowest BCUT2D eigenvalue weighted by atomic mass is 9.75. The molecule has 0 aromatic heterocycles. The number of carbonyl (C=O) groups is 1. The predicted octanol–water partition coefficient (Wildman–Crippen LogP) is 1.96. The summed E-state index contributed by atoms with van der Waals surface area (Å²) >= 11 is 0. The highest BCUT2D eigenvalue weighted by molar-refractivity contribution is 5.94. The molecule has 1 aliphatic rings. The summed E-state index contributed by atoms with van der Waals surface area (Å²) in [5.74, 6) is -0.716. The number of rotatable bonds is 4. The van der Waals surface area contributed by atoms with Gasteiger partial charge in [0.1, 0.15) is 5.82 Å². The molecule has 2 N–H and O–H groups in total. The van der Waals surface area contributed by atoms with Crippen LogP contribution in [0.5, 0.6) is 0 Å². The maximum Gasteiger partial charge on any atom is 0.253 e. The van der Waals surface area contributed by atoms with Gasteiger partial charge >= 0.3 is 0 Å². The molecular weight excluding hydrogens is 257 g/mol. The van der Waals surface area contributed by atoms with Crippen LogP contribution in [-0.2, 0) is 0 Å². The van der Waals surface area contributed by atoms with Crippen LogP contribution in [-0.4, -0.2) is 48.9 Å². The van der Waals surface area contributed by atoms with E-state index in [1.165, 1.54) is 18.6 Å². The van der Waals surface area contributed by atoms with Crippen molar-refractivity contribution in [2.75, 3.05) is 33.4 Å². The van der Waals surface area contributed by atoms with Crippen molar-refractivity contribution in [1.29, 1.82) is 0 Å². The Balaban J connectivity index is 2.10. The number of nitrogen functional groups attached to an aromatic ring is 1. The number of carbonyl (C=O) groups excluding carboxylic acids is 1. The van der Waals surface area contributed by atoms with E-state index in [-0.39, 0.29) is 17.1 Å². The van der Waals surface area contributed by atoms with Crippen LogP contribution in [0.1, 0.15) is 29.6 Å². The molecule has 2 rings (SSSR count). The molecule has 0 saturated heterocycles. The number of amides is 1. The third-order valence-electron chi connectivity index (χ3n) is 4.36. The van der Waals surface area contributed by atoms with E-state index >= 15 is 0 Å². The van der Waals surface area contributed by atoms with E-state index in [2.05, 4.69) is 4.90 Å². The molecule has 1 aliphatic carbocycles. The Labute approximate surface area is 119 Å². The molecule has 1 aromatic carbocycles. The fourth-order valence-electron chi connectivity index (χ4n) is 2.73. The van der Waals surface area contributed by atoms with Gasteiger partial charge in [-0.15, -0.1) is 0 Å². The van der Waals surface area contributed by atoms with Gasteiger partial charge in [-0.2, -0.15) is 0 Å². The number of likely N-dealkylation sites (N-methyl/N-ethyl adjacent to an activating group) is 2. The van der Waals surface area contributed by atoms with Gasteiger partial charge in [-0.25, -0.2) is 4.39 Å². The van der Waals surface area contributed by atoms with Crippen LogP contribution in [0.25, 0.3) is 0 Å². The minimum Gasteiger partial charge on any atom is -0.396 e. The Morgan fingerprint density at radius 3 is 2.45 bits per heavy atom. The quantitative estimate of drug-likeness (QED) is 0.857. The van der Waals surface area contributed by atoms with Crippen LogP contribution in [0.3, 0.4) is 0 Å². The second kappa shape index (κ2) is 5.40. The van der Waals surface area contributed by atoms with Crippen molar-refractivity contribution in [3.8, 4) is 0 Å². The molecule has 20 heavy (non-hydrogen) atoms. The summed E-state index contributed by atoms with van der Waals surface area (Å²) in [6.45, 7) is 0.658. The molecule has 1 fully saturated rings. The monoisotopic (exact) mass is 279 g/mol. The zero-order valence-electron chi connectivity index (χ0n) is 12.3. The van der Waals surface area contributed by atoms with E-state index in [4.69, 9.17) is 5.73 Å². The van der Waals surface area contributed by atoms with E-state index in [1.54, 1.807) is 18.0 Å². The van der Waals surface area contributed by atoms with E-state index in [1.807, 2.05) is 14.1 Å². The minimum atomic E-state index is -0.546. The third-order valence-corrected chi connectivity index (χ3v) is 4.36. The van der Waals surface area contributed by atoms with Crippen molar-refractivity contribution in [3.05, 3.63) is 29.6 Å². The molecule has 0 spiro atoms. The molecule has 0 heterocycles. The van der Waals surface area contributed by atoms with Gasteiger partial charge in [-0.05, 0) is 51.6 Å². The van der Waals surface area contributed by atoms with Gasteiger partial charge in [-0.3, -0.25) is 4.79 Å². The molecule has 0 bridgehead atoms. The first-order valence-electron chi connectivity index (χ1n) is 6.84. The van der Waals surface area contributed by atoms with Crippen molar-refractivity contribution < 1.29 is 9.18 Å². The summed E-state index contributed by atoms with van der Waals surface area (Å²) in [5, 5.41) is 0. The largest absolute Gasteiger partial charge is 0.396 e. The maximum atomic E-state index is 13.4. The zero-order chi connectivity index (χ0) is 14.9. The summed E-state index contributed by atoms with van der Waals surface area (Å²) in [6.07, 6.45) is 3.37. The Morgan fingerprint density at radius 2 is 2.00 bits per heavy atom. The van der Waals surface area contributed by atoms with Gasteiger partial charge < -0.3 is 15.5 Å². The first-order chi connectivity index (χ1) is 9.35. The van der Waals surface area contributed by atoms with Crippen molar-refractivity contribution in [3.63, 3.8) is 0 Å². The van der Waals surface area contributed by atoms with Gasteiger partial charge in [0.2, 0.25) is 0 Å². The van der Waals surface area contributed by atoms with E-state index in [0.29, 0.717) is 12.1 Å². The van der Waals surface area contributed by atoms with E-state index < -0.39 is 5.82 Å². The minimum absolute atomic E-state index is 0.0629. The second-order valence-corrected chi connectivity index (χ2v) is 5.87. The number of hydrogen-bond donors (Lipinski definition) is 1. The molecule has 0 radical (unpaired) electrons. The number of hydrogen-bond acceptors (Lipinski definition) is 3. The van der Waals surface area contributed by atoms with Gasteiger partial charge in [0.15, 0.2) is 0 Å². The van der Waals surface area contributed by atoms with Gasteiger partial charge in [0.05, 0.1) is 5.69 Å². The Bertz CT molecular complexity index is 512. The molecule has 110 valence electrons. The van der Waals surface area contributed by atoms with Gasteiger partial charge in [-0.1, -0.05) is 0 Å². The molecule has 5 heteroatoms. The number of nitrogens with zero attached hydrogens (tertiary/aromatic N) is 2. The van der Waals surface area contributed by atoms with E-state index in [9.17, 15) is 9.18 Å². The molecule has 4 nitrogen and oxygen atoms in total. The van der Waals surface area contributed by atoms with Crippen molar-refractivity contribution in [2.45, 2.75) is 24.8 Å². The van der Waals surface area contributed by atoms with Crippen LogP contribution >= 0.6 is 0 Å². The summed E-state index contributed by atoms with van der Waals surface area (Å²) in [7, 11) is 5.85. The van der Waals surface area contributed by atoms with Crippen LogP contribution in [0, 0.1) is 5.82 Å². The highest BCUT2D eigenvalue weighted by Gasteiger charge is 2.40. The van der Waals surface area contributed by atoms with E-state index in [0.717, 1.165) is 12.8 Å². The SMILES string of the molecule is CN(CC1(N(C)C)CCC1)C(=O)c1ccc(N)c(F)c1. The molecule has 1 amide bonds. The maximum absolute atomic E-state index is 13.4. The second-order valence-electron chi connectivity index (χ2n) is 5.87. The topological polar surface area (TPSA) is 49.6 Å². The first kappa shape index (κ1) is 14.8. The van der Waals surface area contributed by atoms with Crippen LogP contribution in [0.4, 0.5) is 10.1 Å². The molecule has 0 unspecified atom stereocenters. The average molecular weight is 279 g/mol. The number of benzene rings is 1. The van der Waals surface area contributed by atoms with Gasteiger partial charge in [0.25, 0.3) is 5.91 Å². The summed E-state index contributed by atoms with van der Waals surface area (Å²) in [5.41, 5.74) is 5.90. The molecule has 1 aromatic rings. The Hall–Kier alpha value is -1.62. The highest BCUT2D eigenvalue weighted by Crippen LogP contribution is 2.36. The standard InChI is InChI=1S/C15H22FN3O/c1-18(2)15(7-4-8-15)10-19(3)14(20)11-5-6-13(17)12(16)9-11/h5-6,9H,4,7-8,10,17H2,1-3H3. The predicted molar refractivity (Wildman–Crippen MR) is 78.0 cm³/mol. The lowest BCUT2D eigenvalue weighted by Gasteiger charge is -2.49. The van der Waals surface area contributed by atoms with Crippen LogP contribution in [0.2, 0.25) is 0 Å². The number of halogens is 1. The Morgan fingerprint density at radius 1 is 1.35 bits per heavy atom. The molecule has 0 atom stereocenters. The average Bonchev–Trinajstić information content (AvgIpc) is 2.35. The van der Waals surface area contributed by atoms with Crippen LogP contribution < -0.4 is 5.73 Å². The fourth-order valence-corrected chi connectivity index (χ4v) is 2.73. The molecule has 1 saturated carbocycles. The van der Waals surface area contributed by atoms with Gasteiger partial charge in [0, 0.05) is 24.7 Å². The van der Waals surface area contributed by atoms with Crippen molar-refractivity contribution in [1.82, 2.24) is 9.80 Å². The van der Waals surface area contributed by atoms with Crippen molar-refractivity contribution in [2.24, 2.45) is 0 Å². The van der Waals surface area contributed by atoms with Crippen LogP contribution in [0.15, 0.2) is 18.2 Å². The summed E-state index contributed by atoms with van der Waals surface area (Å²) in [6, 6.07) is 4.21. The lowest BCUT2D eigenvalue weighted by Crippen LogP contribution is -2.57.